The number of nitrogens with zero attached hydrogens (tertiary/aromatic N) is 3. The molecule has 9 aromatic rings. The minimum atomic E-state index is 0.715. The first-order chi connectivity index (χ1) is 22.7. The fourth-order valence-electron chi connectivity index (χ4n) is 6.98. The van der Waals surface area contributed by atoms with E-state index >= 15 is 0 Å². The number of hydrogen-bond donors (Lipinski definition) is 0. The molecule has 0 aliphatic heterocycles. The molecular weight excluding hydrogens is 558 g/mol. The first-order valence-corrected chi connectivity index (χ1v) is 15.7. The third kappa shape index (κ3) is 4.28. The van der Waals surface area contributed by atoms with Crippen molar-refractivity contribution in [2.75, 3.05) is 0 Å². The molecule has 7 aromatic carbocycles. The maximum Gasteiger partial charge on any atom is 0.234 e. The van der Waals surface area contributed by atoms with Gasteiger partial charge in [0.15, 0.2) is 0 Å². The van der Waals surface area contributed by atoms with Crippen LogP contribution in [0.3, 0.4) is 0 Å². The van der Waals surface area contributed by atoms with Gasteiger partial charge in [-0.3, -0.25) is 4.40 Å². The van der Waals surface area contributed by atoms with Crippen molar-refractivity contribution in [3.8, 4) is 44.6 Å². The first-order valence-electron chi connectivity index (χ1n) is 15.7. The van der Waals surface area contributed by atoms with E-state index in [4.69, 9.17) is 4.98 Å². The molecule has 0 unspecified atom stereocenters. The van der Waals surface area contributed by atoms with Gasteiger partial charge in [-0.1, -0.05) is 133 Å². The van der Waals surface area contributed by atoms with Gasteiger partial charge in [-0.25, -0.2) is 9.97 Å². The molecule has 0 saturated carbocycles. The van der Waals surface area contributed by atoms with Gasteiger partial charge >= 0.3 is 0 Å². The standard InChI is InChI=1S/C43H29N3/c1-28-24-25-46-27-40(45-43(46)44-28)32-12-8-13-33(26-32)42-38-17-6-4-15-36(38)41(37-16-5-7-18-39(37)42)31-22-20-30(21-23-31)35-19-9-11-29-10-2-3-14-34(29)35/h2-27H,1H3. The predicted molar refractivity (Wildman–Crippen MR) is 192 cm³/mol. The first kappa shape index (κ1) is 26.4. The Hall–Kier alpha value is -6.06. The van der Waals surface area contributed by atoms with E-state index in [9.17, 15) is 0 Å². The fraction of sp³-hybridized carbons (Fsp3) is 0.0233. The number of rotatable bonds is 4. The molecule has 0 fully saturated rings. The SMILES string of the molecule is Cc1ccn2cc(-c3cccc(-c4c5ccccc5c(-c5ccc(-c6cccc7ccccc67)cc5)c5ccccc45)c3)nc2n1. The molecule has 3 nitrogen and oxygen atoms in total. The third-order valence-corrected chi connectivity index (χ3v) is 9.12. The Morgan fingerprint density at radius 1 is 0.457 bits per heavy atom. The lowest BCUT2D eigenvalue weighted by Gasteiger charge is -2.18. The molecule has 2 aromatic heterocycles. The van der Waals surface area contributed by atoms with Crippen LogP contribution in [-0.4, -0.2) is 14.4 Å². The molecule has 0 bridgehead atoms. The van der Waals surface area contributed by atoms with E-state index in [0.29, 0.717) is 5.78 Å². The monoisotopic (exact) mass is 587 g/mol. The molecule has 0 radical (unpaired) electrons. The van der Waals surface area contributed by atoms with Crippen molar-refractivity contribution in [1.82, 2.24) is 14.4 Å². The molecule has 0 aliphatic rings. The van der Waals surface area contributed by atoms with Crippen LogP contribution in [0.4, 0.5) is 0 Å². The molecule has 9 rings (SSSR count). The van der Waals surface area contributed by atoms with Gasteiger partial charge in [0.25, 0.3) is 0 Å². The summed E-state index contributed by atoms with van der Waals surface area (Å²) < 4.78 is 1.99. The lowest BCUT2D eigenvalue weighted by molar-refractivity contribution is 1.07. The molecule has 0 aliphatic carbocycles. The second-order valence-corrected chi connectivity index (χ2v) is 11.9. The number of benzene rings is 7. The highest BCUT2D eigenvalue weighted by atomic mass is 15.1. The van der Waals surface area contributed by atoms with Gasteiger partial charge in [-0.15, -0.1) is 0 Å². The minimum absolute atomic E-state index is 0.715. The molecule has 2 heterocycles. The molecule has 0 amide bonds. The van der Waals surface area contributed by atoms with Crippen LogP contribution in [0.25, 0.3) is 82.7 Å². The predicted octanol–water partition coefficient (Wildman–Crippen LogP) is 11.2. The minimum Gasteiger partial charge on any atom is -0.291 e. The summed E-state index contributed by atoms with van der Waals surface area (Å²) in [7, 11) is 0. The summed E-state index contributed by atoms with van der Waals surface area (Å²) in [6, 6.07) is 52.6. The van der Waals surface area contributed by atoms with E-state index in [1.807, 2.05) is 23.6 Å². The summed E-state index contributed by atoms with van der Waals surface area (Å²) in [4.78, 5) is 9.46. The quantitative estimate of drug-likeness (QED) is 0.192. The summed E-state index contributed by atoms with van der Waals surface area (Å²) in [5.41, 5.74) is 10.3. The van der Waals surface area contributed by atoms with Crippen LogP contribution >= 0.6 is 0 Å². The molecule has 0 atom stereocenters. The molecule has 216 valence electrons. The highest BCUT2D eigenvalue weighted by molar-refractivity contribution is 6.21. The van der Waals surface area contributed by atoms with Gasteiger partial charge in [0.1, 0.15) is 0 Å². The highest BCUT2D eigenvalue weighted by Crippen LogP contribution is 2.44. The Balaban J connectivity index is 1.22. The summed E-state index contributed by atoms with van der Waals surface area (Å²) in [5, 5.41) is 7.49. The zero-order chi connectivity index (χ0) is 30.6. The van der Waals surface area contributed by atoms with Crippen molar-refractivity contribution in [3.05, 3.63) is 164 Å². The maximum atomic E-state index is 4.85. The van der Waals surface area contributed by atoms with Crippen molar-refractivity contribution in [3.63, 3.8) is 0 Å². The fourth-order valence-corrected chi connectivity index (χ4v) is 6.98. The van der Waals surface area contributed by atoms with E-state index in [2.05, 4.69) is 151 Å². The van der Waals surface area contributed by atoms with Gasteiger partial charge in [0.2, 0.25) is 5.78 Å². The topological polar surface area (TPSA) is 30.2 Å². The second kappa shape index (κ2) is 10.5. The second-order valence-electron chi connectivity index (χ2n) is 11.9. The van der Waals surface area contributed by atoms with E-state index in [0.717, 1.165) is 17.0 Å². The average molecular weight is 588 g/mol. The van der Waals surface area contributed by atoms with Gasteiger partial charge < -0.3 is 0 Å². The molecule has 3 heteroatoms. The summed E-state index contributed by atoms with van der Waals surface area (Å²) in [5.74, 6) is 0.715. The third-order valence-electron chi connectivity index (χ3n) is 9.12. The molecular formula is C43H29N3. The average Bonchev–Trinajstić information content (AvgIpc) is 3.54. The van der Waals surface area contributed by atoms with Crippen LogP contribution in [0.1, 0.15) is 5.69 Å². The van der Waals surface area contributed by atoms with Gasteiger partial charge in [-0.05, 0) is 84.8 Å². The number of fused-ring (bicyclic) bond motifs is 4. The summed E-state index contributed by atoms with van der Waals surface area (Å²) >= 11 is 0. The van der Waals surface area contributed by atoms with Crippen molar-refractivity contribution in [2.24, 2.45) is 0 Å². The van der Waals surface area contributed by atoms with Crippen molar-refractivity contribution in [1.29, 1.82) is 0 Å². The summed E-state index contributed by atoms with van der Waals surface area (Å²) in [6.07, 6.45) is 4.08. The Kier molecular flexibility index (Phi) is 6.04. The number of aromatic nitrogens is 3. The largest absolute Gasteiger partial charge is 0.291 e. The zero-order valence-corrected chi connectivity index (χ0v) is 25.4. The van der Waals surface area contributed by atoms with Crippen LogP contribution in [0, 0.1) is 6.92 Å². The highest BCUT2D eigenvalue weighted by Gasteiger charge is 2.17. The van der Waals surface area contributed by atoms with E-state index in [1.54, 1.807) is 0 Å². The molecule has 0 N–H and O–H groups in total. The van der Waals surface area contributed by atoms with Crippen LogP contribution in [-0.2, 0) is 0 Å². The van der Waals surface area contributed by atoms with Gasteiger partial charge in [0.05, 0.1) is 5.69 Å². The Morgan fingerprint density at radius 3 is 1.74 bits per heavy atom. The van der Waals surface area contributed by atoms with Gasteiger partial charge in [-0.2, -0.15) is 0 Å². The molecule has 0 saturated heterocycles. The van der Waals surface area contributed by atoms with Crippen LogP contribution in [0.15, 0.2) is 158 Å². The van der Waals surface area contributed by atoms with Gasteiger partial charge in [0, 0.05) is 23.7 Å². The van der Waals surface area contributed by atoms with E-state index < -0.39 is 0 Å². The van der Waals surface area contributed by atoms with Crippen molar-refractivity contribution < 1.29 is 0 Å². The zero-order valence-electron chi connectivity index (χ0n) is 25.4. The lowest BCUT2D eigenvalue weighted by Crippen LogP contribution is -1.91. The normalized spacial score (nSPS) is 11.6. The number of aryl methyl sites for hydroxylation is 1. The van der Waals surface area contributed by atoms with Crippen LogP contribution in [0.2, 0.25) is 0 Å². The molecule has 46 heavy (non-hydrogen) atoms. The van der Waals surface area contributed by atoms with Crippen molar-refractivity contribution >= 4 is 38.1 Å². The number of imidazole rings is 1. The van der Waals surface area contributed by atoms with Crippen LogP contribution in [0.5, 0.6) is 0 Å². The molecule has 0 spiro atoms. The van der Waals surface area contributed by atoms with Crippen LogP contribution < -0.4 is 0 Å². The Morgan fingerprint density at radius 2 is 1.02 bits per heavy atom. The Bertz CT molecular complexity index is 2530. The van der Waals surface area contributed by atoms with E-state index in [-0.39, 0.29) is 0 Å². The summed E-state index contributed by atoms with van der Waals surface area (Å²) in [6.45, 7) is 1.99. The number of hydrogen-bond acceptors (Lipinski definition) is 2. The maximum absolute atomic E-state index is 4.85. The smallest absolute Gasteiger partial charge is 0.234 e. The van der Waals surface area contributed by atoms with Crippen molar-refractivity contribution in [2.45, 2.75) is 6.92 Å². The Labute approximate surface area is 267 Å². The van der Waals surface area contributed by atoms with E-state index in [1.165, 1.54) is 65.7 Å². The lowest BCUT2D eigenvalue weighted by atomic mass is 9.85.